The maximum absolute atomic E-state index is 15.1. The van der Waals surface area contributed by atoms with E-state index in [1.165, 1.54) is 26.3 Å². The SMILES string of the molecule is CCOc1ccc(S(=O)(=O)N(C)OC)cc1C1=N[C@@H](c2ccc(Cl)cc2)[C@@H](c2ccc(Cl)cc2)N1C(=O)N1CCN(CC(=O)N(CCOC)CCOC)CC1. The summed E-state index contributed by atoms with van der Waals surface area (Å²) in [5.74, 6) is 0.531. The van der Waals surface area contributed by atoms with Crippen molar-refractivity contribution >= 4 is 51.0 Å². The van der Waals surface area contributed by atoms with Crippen molar-refractivity contribution in [2.75, 3.05) is 94.0 Å². The van der Waals surface area contributed by atoms with E-state index in [1.807, 2.05) is 36.1 Å². The molecule has 2 heterocycles. The van der Waals surface area contributed by atoms with Crippen LogP contribution in [0.15, 0.2) is 76.6 Å². The fraction of sp³-hybridized carbons (Fsp3) is 0.447. The second kappa shape index (κ2) is 19.4. The molecular weight excluding hydrogens is 771 g/mol. The molecule has 5 rings (SSSR count). The Kier molecular flexibility index (Phi) is 14.9. The van der Waals surface area contributed by atoms with Crippen LogP contribution in [0.1, 0.15) is 35.7 Å². The van der Waals surface area contributed by atoms with Gasteiger partial charge in [0.1, 0.15) is 17.6 Å². The third-order valence-electron chi connectivity index (χ3n) is 9.57. The summed E-state index contributed by atoms with van der Waals surface area (Å²) in [6, 6.07) is 17.3. The number of carbonyl (C=O) groups is 2. The fourth-order valence-corrected chi connectivity index (χ4v) is 7.78. The molecule has 0 unspecified atom stereocenters. The van der Waals surface area contributed by atoms with Crippen molar-refractivity contribution in [1.29, 1.82) is 0 Å². The number of hydroxylamine groups is 1. The van der Waals surface area contributed by atoms with Crippen LogP contribution in [0.5, 0.6) is 5.75 Å². The summed E-state index contributed by atoms with van der Waals surface area (Å²) in [6.07, 6.45) is 0. The second-order valence-corrected chi connectivity index (χ2v) is 15.7. The fourth-order valence-electron chi connectivity index (χ4n) is 6.53. The number of amides is 3. The van der Waals surface area contributed by atoms with Crippen LogP contribution in [-0.4, -0.2) is 144 Å². The first-order valence-electron chi connectivity index (χ1n) is 17.9. The third kappa shape index (κ3) is 9.96. The second-order valence-electron chi connectivity index (χ2n) is 12.9. The Morgan fingerprint density at radius 1 is 0.855 bits per heavy atom. The van der Waals surface area contributed by atoms with Crippen molar-refractivity contribution in [3.8, 4) is 5.75 Å². The van der Waals surface area contributed by atoms with Crippen LogP contribution in [0.4, 0.5) is 4.79 Å². The average molecular weight is 820 g/mol. The van der Waals surface area contributed by atoms with E-state index in [9.17, 15) is 13.2 Å². The number of nitrogens with zero attached hydrogens (tertiary/aromatic N) is 6. The van der Waals surface area contributed by atoms with E-state index in [1.54, 1.807) is 59.3 Å². The van der Waals surface area contributed by atoms with Crippen molar-refractivity contribution in [2.24, 2.45) is 4.99 Å². The van der Waals surface area contributed by atoms with Gasteiger partial charge in [0, 0.05) is 70.6 Å². The number of halogens is 2. The highest BCUT2D eigenvalue weighted by molar-refractivity contribution is 7.89. The van der Waals surface area contributed by atoms with E-state index in [-0.39, 0.29) is 35.8 Å². The first-order valence-corrected chi connectivity index (χ1v) is 20.1. The van der Waals surface area contributed by atoms with Crippen molar-refractivity contribution < 1.29 is 37.1 Å². The monoisotopic (exact) mass is 818 g/mol. The van der Waals surface area contributed by atoms with Gasteiger partial charge in [-0.2, -0.15) is 0 Å². The van der Waals surface area contributed by atoms with Gasteiger partial charge >= 0.3 is 6.03 Å². The number of ether oxygens (including phenoxy) is 3. The number of hydrogen-bond acceptors (Lipinski definition) is 10. The zero-order chi connectivity index (χ0) is 39.7. The molecule has 3 amide bonds. The molecule has 3 aromatic carbocycles. The van der Waals surface area contributed by atoms with Gasteiger partial charge in [-0.25, -0.2) is 13.2 Å². The van der Waals surface area contributed by atoms with Gasteiger partial charge in [-0.15, -0.1) is 0 Å². The number of piperazine rings is 1. The van der Waals surface area contributed by atoms with E-state index < -0.39 is 22.1 Å². The summed E-state index contributed by atoms with van der Waals surface area (Å²) in [5, 5.41) is 1.06. The molecule has 0 aromatic heterocycles. The Bertz CT molecular complexity index is 1900. The number of rotatable bonds is 16. The molecule has 17 heteroatoms. The van der Waals surface area contributed by atoms with Gasteiger partial charge in [0.05, 0.1) is 50.0 Å². The van der Waals surface area contributed by atoms with Gasteiger partial charge in [-0.05, 0) is 60.5 Å². The number of methoxy groups -OCH3 is 2. The zero-order valence-corrected chi connectivity index (χ0v) is 34.0. The van der Waals surface area contributed by atoms with Crippen molar-refractivity contribution in [3.63, 3.8) is 0 Å². The Balaban J connectivity index is 1.55. The lowest BCUT2D eigenvalue weighted by Gasteiger charge is -2.39. The molecule has 1 fully saturated rings. The zero-order valence-electron chi connectivity index (χ0n) is 31.7. The molecular formula is C38H48Cl2N6O8S. The molecule has 0 N–H and O–H groups in total. The molecule has 0 spiro atoms. The summed E-state index contributed by atoms with van der Waals surface area (Å²) in [4.78, 5) is 45.6. The highest BCUT2D eigenvalue weighted by atomic mass is 35.5. The minimum absolute atomic E-state index is 0.0474. The highest BCUT2D eigenvalue weighted by Gasteiger charge is 2.45. The molecule has 2 aliphatic heterocycles. The Labute approximate surface area is 333 Å². The summed E-state index contributed by atoms with van der Waals surface area (Å²) >= 11 is 12.6. The van der Waals surface area contributed by atoms with Crippen molar-refractivity contribution in [1.82, 2.24) is 24.1 Å². The molecule has 55 heavy (non-hydrogen) atoms. The van der Waals surface area contributed by atoms with E-state index in [4.69, 9.17) is 47.2 Å². The minimum Gasteiger partial charge on any atom is -0.493 e. The summed E-state index contributed by atoms with van der Waals surface area (Å²) in [6.45, 7) is 5.55. The van der Waals surface area contributed by atoms with Crippen LogP contribution in [0.25, 0.3) is 0 Å². The third-order valence-corrected chi connectivity index (χ3v) is 11.7. The highest BCUT2D eigenvalue weighted by Crippen LogP contribution is 2.46. The molecule has 2 aliphatic rings. The van der Waals surface area contributed by atoms with Gasteiger partial charge in [-0.3, -0.25) is 24.4 Å². The number of sulfonamides is 1. The smallest absolute Gasteiger partial charge is 0.326 e. The molecule has 0 saturated carbocycles. The molecule has 1 saturated heterocycles. The number of benzene rings is 3. The van der Waals surface area contributed by atoms with Gasteiger partial charge in [0.2, 0.25) is 5.91 Å². The van der Waals surface area contributed by atoms with Crippen LogP contribution in [0, 0.1) is 0 Å². The average Bonchev–Trinajstić information content (AvgIpc) is 3.58. The standard InChI is InChI=1S/C38H48Cl2N6O8S/c1-6-54-33-16-15-31(55(49,50)42(2)53-5)25-32(33)37-41-35(27-7-11-29(39)12-8-27)36(28-9-13-30(40)14-10-28)46(37)38(48)45-19-17-43(18-20-45)26-34(47)44(21-23-51-3)22-24-52-4/h7-16,25,35-36H,6,17-24,26H2,1-5H3/t35-,36+/m0/s1. The van der Waals surface area contributed by atoms with Gasteiger partial charge < -0.3 is 24.0 Å². The topological polar surface area (TPSA) is 134 Å². The van der Waals surface area contributed by atoms with E-state index in [0.29, 0.717) is 73.8 Å². The molecule has 298 valence electrons. The van der Waals surface area contributed by atoms with Gasteiger partial charge in [0.15, 0.2) is 0 Å². The van der Waals surface area contributed by atoms with E-state index >= 15 is 4.79 Å². The molecule has 0 radical (unpaired) electrons. The van der Waals surface area contributed by atoms with Crippen LogP contribution in [0.2, 0.25) is 10.0 Å². The van der Waals surface area contributed by atoms with Crippen LogP contribution in [-0.2, 0) is 29.1 Å². The van der Waals surface area contributed by atoms with Crippen molar-refractivity contribution in [2.45, 2.75) is 23.9 Å². The minimum atomic E-state index is -4.10. The van der Waals surface area contributed by atoms with Crippen LogP contribution >= 0.6 is 23.2 Å². The molecule has 3 aromatic rings. The maximum atomic E-state index is 15.1. The summed E-state index contributed by atoms with van der Waals surface area (Å²) in [7, 11) is 1.65. The maximum Gasteiger partial charge on any atom is 0.326 e. The van der Waals surface area contributed by atoms with Gasteiger partial charge in [-0.1, -0.05) is 51.9 Å². The molecule has 14 nitrogen and oxygen atoms in total. The van der Waals surface area contributed by atoms with E-state index in [0.717, 1.165) is 15.6 Å². The molecule has 2 atom stereocenters. The summed E-state index contributed by atoms with van der Waals surface area (Å²) < 4.78 is 44.2. The lowest BCUT2D eigenvalue weighted by Crippen LogP contribution is -2.55. The first-order chi connectivity index (χ1) is 26.4. The Morgan fingerprint density at radius 2 is 1.44 bits per heavy atom. The summed E-state index contributed by atoms with van der Waals surface area (Å²) in [5.41, 5.74) is 1.86. The van der Waals surface area contributed by atoms with Crippen LogP contribution < -0.4 is 4.74 Å². The Morgan fingerprint density at radius 3 is 1.98 bits per heavy atom. The quantitative estimate of drug-likeness (QED) is 0.184. The number of amidine groups is 1. The van der Waals surface area contributed by atoms with Crippen LogP contribution in [0.3, 0.4) is 0 Å². The number of carbonyl (C=O) groups excluding carboxylic acids is 2. The van der Waals surface area contributed by atoms with Gasteiger partial charge in [0.25, 0.3) is 10.0 Å². The number of hydrogen-bond donors (Lipinski definition) is 0. The molecule has 0 aliphatic carbocycles. The Hall–Kier alpha value is -3.80. The normalized spacial score (nSPS) is 17.8. The lowest BCUT2D eigenvalue weighted by atomic mass is 9.93. The van der Waals surface area contributed by atoms with E-state index in [2.05, 4.69) is 0 Å². The predicted molar refractivity (Wildman–Crippen MR) is 210 cm³/mol. The number of aliphatic imine (C=N–C) groups is 1. The first kappa shape index (κ1) is 42.3. The lowest BCUT2D eigenvalue weighted by molar-refractivity contribution is -0.134. The largest absolute Gasteiger partial charge is 0.493 e. The number of urea groups is 1. The predicted octanol–water partition coefficient (Wildman–Crippen LogP) is 4.98. The molecule has 0 bridgehead atoms. The van der Waals surface area contributed by atoms with Crippen molar-refractivity contribution in [3.05, 3.63) is 93.5 Å².